The van der Waals surface area contributed by atoms with E-state index in [0.29, 0.717) is 19.8 Å². The standard InChI is InChI=1S/C14H21NO3/c1-10(2)9-18-7-6-15-11(3)13-5-4-12(16)8-14(13)17/h4-5,8,11,15-17H,1,6-7,9H2,2-3H3. The fourth-order valence-corrected chi connectivity index (χ4v) is 1.60. The highest BCUT2D eigenvalue weighted by Crippen LogP contribution is 2.27. The molecule has 1 unspecified atom stereocenters. The molecule has 18 heavy (non-hydrogen) atoms. The number of nitrogens with one attached hydrogen (secondary N) is 1. The lowest BCUT2D eigenvalue weighted by molar-refractivity contribution is 0.155. The van der Waals surface area contributed by atoms with Crippen LogP contribution in [0.1, 0.15) is 25.5 Å². The first-order chi connectivity index (χ1) is 8.50. The van der Waals surface area contributed by atoms with Gasteiger partial charge in [0.05, 0.1) is 13.2 Å². The van der Waals surface area contributed by atoms with E-state index in [-0.39, 0.29) is 17.5 Å². The van der Waals surface area contributed by atoms with Crippen molar-refractivity contribution in [1.29, 1.82) is 0 Å². The fourth-order valence-electron chi connectivity index (χ4n) is 1.60. The van der Waals surface area contributed by atoms with E-state index in [9.17, 15) is 10.2 Å². The van der Waals surface area contributed by atoms with Gasteiger partial charge in [0, 0.05) is 24.2 Å². The first kappa shape index (κ1) is 14.5. The number of aromatic hydroxyl groups is 2. The third-order valence-electron chi connectivity index (χ3n) is 2.53. The monoisotopic (exact) mass is 251 g/mol. The van der Waals surface area contributed by atoms with Gasteiger partial charge in [-0.2, -0.15) is 0 Å². The van der Waals surface area contributed by atoms with Crippen molar-refractivity contribution in [3.63, 3.8) is 0 Å². The van der Waals surface area contributed by atoms with Gasteiger partial charge in [-0.25, -0.2) is 0 Å². The van der Waals surface area contributed by atoms with Crippen LogP contribution in [-0.4, -0.2) is 30.0 Å². The van der Waals surface area contributed by atoms with Crippen LogP contribution in [0.4, 0.5) is 0 Å². The van der Waals surface area contributed by atoms with Gasteiger partial charge in [-0.15, -0.1) is 0 Å². The summed E-state index contributed by atoms with van der Waals surface area (Å²) >= 11 is 0. The number of phenols is 2. The van der Waals surface area contributed by atoms with Gasteiger partial charge in [0.1, 0.15) is 11.5 Å². The van der Waals surface area contributed by atoms with Crippen LogP contribution in [0.5, 0.6) is 11.5 Å². The highest BCUT2D eigenvalue weighted by molar-refractivity contribution is 5.40. The molecule has 0 heterocycles. The van der Waals surface area contributed by atoms with Gasteiger partial charge in [0.15, 0.2) is 0 Å². The van der Waals surface area contributed by atoms with Gasteiger partial charge in [-0.1, -0.05) is 18.2 Å². The Balaban J connectivity index is 2.36. The highest BCUT2D eigenvalue weighted by Gasteiger charge is 2.09. The molecule has 0 aliphatic carbocycles. The van der Waals surface area contributed by atoms with Crippen molar-refractivity contribution in [2.45, 2.75) is 19.9 Å². The number of hydrogen-bond acceptors (Lipinski definition) is 4. The summed E-state index contributed by atoms with van der Waals surface area (Å²) in [7, 11) is 0. The molecule has 1 aromatic rings. The second-order valence-electron chi connectivity index (χ2n) is 4.43. The SMILES string of the molecule is C=C(C)COCCNC(C)c1ccc(O)cc1O. The van der Waals surface area contributed by atoms with Crippen molar-refractivity contribution < 1.29 is 14.9 Å². The van der Waals surface area contributed by atoms with Crippen LogP contribution in [0.15, 0.2) is 30.4 Å². The van der Waals surface area contributed by atoms with E-state index in [1.54, 1.807) is 12.1 Å². The maximum atomic E-state index is 9.69. The van der Waals surface area contributed by atoms with E-state index in [1.165, 1.54) is 6.07 Å². The first-order valence-corrected chi connectivity index (χ1v) is 5.98. The molecule has 0 amide bonds. The summed E-state index contributed by atoms with van der Waals surface area (Å²) in [6.45, 7) is 9.48. The topological polar surface area (TPSA) is 61.7 Å². The van der Waals surface area contributed by atoms with Crippen LogP contribution in [-0.2, 0) is 4.74 Å². The lowest BCUT2D eigenvalue weighted by Gasteiger charge is -2.15. The molecule has 0 spiro atoms. The highest BCUT2D eigenvalue weighted by atomic mass is 16.5. The molecule has 3 N–H and O–H groups in total. The largest absolute Gasteiger partial charge is 0.508 e. The van der Waals surface area contributed by atoms with Crippen molar-refractivity contribution in [3.8, 4) is 11.5 Å². The number of benzene rings is 1. The van der Waals surface area contributed by atoms with Crippen molar-refractivity contribution in [3.05, 3.63) is 35.9 Å². The van der Waals surface area contributed by atoms with Crippen molar-refractivity contribution >= 4 is 0 Å². The molecular weight excluding hydrogens is 230 g/mol. The average Bonchev–Trinajstić information content (AvgIpc) is 2.27. The number of ether oxygens (including phenoxy) is 1. The van der Waals surface area contributed by atoms with E-state index in [4.69, 9.17) is 4.74 Å². The molecule has 1 aromatic carbocycles. The Bertz CT molecular complexity index is 404. The summed E-state index contributed by atoms with van der Waals surface area (Å²) in [6, 6.07) is 4.60. The molecule has 0 fully saturated rings. The zero-order valence-electron chi connectivity index (χ0n) is 10.9. The number of rotatable bonds is 7. The molecule has 0 aliphatic rings. The predicted octanol–water partition coefficient (Wildman–Crippen LogP) is 2.34. The van der Waals surface area contributed by atoms with Gasteiger partial charge >= 0.3 is 0 Å². The Morgan fingerprint density at radius 3 is 2.78 bits per heavy atom. The molecule has 100 valence electrons. The van der Waals surface area contributed by atoms with Crippen LogP contribution < -0.4 is 5.32 Å². The second-order valence-corrected chi connectivity index (χ2v) is 4.43. The van der Waals surface area contributed by atoms with Crippen LogP contribution in [0.2, 0.25) is 0 Å². The normalized spacial score (nSPS) is 12.3. The number of hydrogen-bond donors (Lipinski definition) is 3. The van der Waals surface area contributed by atoms with Gasteiger partial charge in [0.25, 0.3) is 0 Å². The average molecular weight is 251 g/mol. The maximum Gasteiger partial charge on any atom is 0.124 e. The summed E-state index contributed by atoms with van der Waals surface area (Å²) < 4.78 is 5.37. The van der Waals surface area contributed by atoms with Gasteiger partial charge in [-0.3, -0.25) is 0 Å². The zero-order chi connectivity index (χ0) is 13.5. The summed E-state index contributed by atoms with van der Waals surface area (Å²) in [5.74, 6) is 0.158. The predicted molar refractivity (Wildman–Crippen MR) is 71.8 cm³/mol. The smallest absolute Gasteiger partial charge is 0.124 e. The molecule has 4 nitrogen and oxygen atoms in total. The zero-order valence-corrected chi connectivity index (χ0v) is 10.9. The molecular formula is C14H21NO3. The summed E-state index contributed by atoms with van der Waals surface area (Å²) in [4.78, 5) is 0. The van der Waals surface area contributed by atoms with E-state index >= 15 is 0 Å². The third kappa shape index (κ3) is 4.77. The minimum Gasteiger partial charge on any atom is -0.508 e. The van der Waals surface area contributed by atoms with Gasteiger partial charge in [-0.05, 0) is 19.9 Å². The molecule has 0 aliphatic heterocycles. The lowest BCUT2D eigenvalue weighted by atomic mass is 10.1. The Morgan fingerprint density at radius 1 is 1.44 bits per heavy atom. The quantitative estimate of drug-likeness (QED) is 0.514. The van der Waals surface area contributed by atoms with E-state index in [0.717, 1.165) is 11.1 Å². The molecule has 0 bridgehead atoms. The van der Waals surface area contributed by atoms with E-state index in [2.05, 4.69) is 11.9 Å². The van der Waals surface area contributed by atoms with Crippen LogP contribution in [0.25, 0.3) is 0 Å². The Morgan fingerprint density at radius 2 is 2.17 bits per heavy atom. The molecule has 1 atom stereocenters. The van der Waals surface area contributed by atoms with Crippen molar-refractivity contribution in [1.82, 2.24) is 5.32 Å². The van der Waals surface area contributed by atoms with Gasteiger partial charge in [0.2, 0.25) is 0 Å². The third-order valence-corrected chi connectivity index (χ3v) is 2.53. The lowest BCUT2D eigenvalue weighted by Crippen LogP contribution is -2.23. The van der Waals surface area contributed by atoms with Crippen molar-refractivity contribution in [2.75, 3.05) is 19.8 Å². The minimum absolute atomic E-state index is 0.000900. The summed E-state index contributed by atoms with van der Waals surface area (Å²) in [6.07, 6.45) is 0. The Labute approximate surface area is 108 Å². The summed E-state index contributed by atoms with van der Waals surface area (Å²) in [5.41, 5.74) is 1.76. The van der Waals surface area contributed by atoms with E-state index < -0.39 is 0 Å². The van der Waals surface area contributed by atoms with Crippen LogP contribution in [0, 0.1) is 0 Å². The molecule has 0 saturated carbocycles. The maximum absolute atomic E-state index is 9.69. The summed E-state index contributed by atoms with van der Waals surface area (Å²) in [5, 5.41) is 22.1. The minimum atomic E-state index is -0.000900. The van der Waals surface area contributed by atoms with Gasteiger partial charge < -0.3 is 20.3 Å². The van der Waals surface area contributed by atoms with E-state index in [1.807, 2.05) is 13.8 Å². The Hall–Kier alpha value is -1.52. The first-order valence-electron chi connectivity index (χ1n) is 5.98. The Kier molecular flexibility index (Phi) is 5.68. The molecule has 1 rings (SSSR count). The second kappa shape index (κ2) is 7.03. The molecule has 0 saturated heterocycles. The molecule has 0 aromatic heterocycles. The number of phenolic OH excluding ortho intramolecular Hbond substituents is 2. The molecule has 0 radical (unpaired) electrons. The van der Waals surface area contributed by atoms with Crippen LogP contribution >= 0.6 is 0 Å². The fraction of sp³-hybridized carbons (Fsp3) is 0.429. The van der Waals surface area contributed by atoms with Crippen molar-refractivity contribution in [2.24, 2.45) is 0 Å². The molecule has 4 heteroatoms. The van der Waals surface area contributed by atoms with Crippen LogP contribution in [0.3, 0.4) is 0 Å².